The Kier molecular flexibility index (Phi) is 6.04. The Labute approximate surface area is 161 Å². The van der Waals surface area contributed by atoms with E-state index in [1.807, 2.05) is 6.07 Å². The summed E-state index contributed by atoms with van der Waals surface area (Å²) >= 11 is 1.22. The van der Waals surface area contributed by atoms with Crippen LogP contribution in [0.15, 0.2) is 35.4 Å². The van der Waals surface area contributed by atoms with Crippen LogP contribution in [0.5, 0.6) is 0 Å². The number of rotatable bonds is 6. The molecule has 0 radical (unpaired) electrons. The maximum Gasteiger partial charge on any atom is 0.274 e. The van der Waals surface area contributed by atoms with E-state index in [2.05, 4.69) is 16.4 Å². The normalized spacial score (nSPS) is 12.7. The molecule has 0 saturated carbocycles. The number of benzene rings is 1. The number of amides is 1. The van der Waals surface area contributed by atoms with Crippen molar-refractivity contribution in [1.82, 2.24) is 10.3 Å². The smallest absolute Gasteiger partial charge is 0.274 e. The van der Waals surface area contributed by atoms with Crippen molar-refractivity contribution in [1.29, 1.82) is 5.26 Å². The number of hydrogen-bond donors (Lipinski definition) is 1. The Morgan fingerprint density at radius 2 is 2.11 bits per heavy atom. The Morgan fingerprint density at radius 1 is 1.33 bits per heavy atom. The molecule has 1 amide bonds. The van der Waals surface area contributed by atoms with Gasteiger partial charge in [-0.25, -0.2) is 4.98 Å². The molecule has 8 heteroatoms. The minimum absolute atomic E-state index is 0.0198. The van der Waals surface area contributed by atoms with E-state index in [-0.39, 0.29) is 23.9 Å². The third-order valence-electron chi connectivity index (χ3n) is 4.39. The van der Waals surface area contributed by atoms with Crippen molar-refractivity contribution in [2.75, 3.05) is 5.75 Å². The lowest BCUT2D eigenvalue weighted by Gasteiger charge is -2.16. The summed E-state index contributed by atoms with van der Waals surface area (Å²) in [5.41, 5.74) is 3.07. The van der Waals surface area contributed by atoms with Crippen LogP contribution >= 0.6 is 11.8 Å². The third kappa shape index (κ3) is 4.63. The summed E-state index contributed by atoms with van der Waals surface area (Å²) in [5.74, 6) is -0.164. The number of carbonyl (C=O) groups is 1. The fourth-order valence-electron chi connectivity index (χ4n) is 3.02. The number of nitrogens with one attached hydrogen (secondary N) is 1. The standard InChI is InChI=1S/C19H18N4O3S/c20-10-15-9-13-5-1-3-7-16(13)22-19(15)27-12-18(24)21-11-14-6-2-4-8-17(14)23(25)26/h2,4,6,8-9H,1,3,5,7,11-12H2,(H,21,24). The molecule has 0 aliphatic heterocycles. The molecule has 0 atom stereocenters. The summed E-state index contributed by atoms with van der Waals surface area (Å²) in [6.45, 7) is 0.0826. The molecular formula is C19H18N4O3S. The maximum atomic E-state index is 12.1. The van der Waals surface area contributed by atoms with E-state index < -0.39 is 4.92 Å². The largest absolute Gasteiger partial charge is 0.351 e. The lowest BCUT2D eigenvalue weighted by Crippen LogP contribution is -2.25. The number of aromatic nitrogens is 1. The minimum atomic E-state index is -0.466. The van der Waals surface area contributed by atoms with E-state index in [0.29, 0.717) is 16.2 Å². The second-order valence-electron chi connectivity index (χ2n) is 6.22. The van der Waals surface area contributed by atoms with Gasteiger partial charge in [0, 0.05) is 23.9 Å². The van der Waals surface area contributed by atoms with Gasteiger partial charge in [0.2, 0.25) is 5.91 Å². The van der Waals surface area contributed by atoms with Crippen molar-refractivity contribution >= 4 is 23.4 Å². The van der Waals surface area contributed by atoms with E-state index in [9.17, 15) is 20.2 Å². The van der Waals surface area contributed by atoms with Gasteiger partial charge in [0.25, 0.3) is 5.69 Å². The number of nitrogens with zero attached hydrogens (tertiary/aromatic N) is 3. The van der Waals surface area contributed by atoms with Gasteiger partial charge in [-0.15, -0.1) is 0 Å². The molecule has 0 unspecified atom stereocenters. The van der Waals surface area contributed by atoms with Crippen LogP contribution in [0.2, 0.25) is 0 Å². The number of pyridine rings is 1. The number of para-hydroxylation sites is 1. The first-order valence-corrected chi connectivity index (χ1v) is 9.61. The summed E-state index contributed by atoms with van der Waals surface area (Å²) in [4.78, 5) is 27.3. The lowest BCUT2D eigenvalue weighted by molar-refractivity contribution is -0.385. The topological polar surface area (TPSA) is 109 Å². The highest BCUT2D eigenvalue weighted by atomic mass is 32.2. The molecule has 0 saturated heterocycles. The van der Waals surface area contributed by atoms with Crippen LogP contribution < -0.4 is 5.32 Å². The molecule has 1 N–H and O–H groups in total. The summed E-state index contributed by atoms with van der Waals surface area (Å²) in [6.07, 6.45) is 4.04. The zero-order valence-electron chi connectivity index (χ0n) is 14.6. The van der Waals surface area contributed by atoms with Crippen molar-refractivity contribution in [2.45, 2.75) is 37.3 Å². The average Bonchev–Trinajstić information content (AvgIpc) is 2.70. The van der Waals surface area contributed by atoms with Crippen molar-refractivity contribution in [2.24, 2.45) is 0 Å². The van der Waals surface area contributed by atoms with Crippen LogP contribution in [-0.2, 0) is 24.2 Å². The predicted molar refractivity (Wildman–Crippen MR) is 101 cm³/mol. The highest BCUT2D eigenvalue weighted by Crippen LogP contribution is 2.27. The van der Waals surface area contributed by atoms with Crippen LogP contribution in [0.4, 0.5) is 5.69 Å². The molecule has 1 aliphatic rings. The summed E-state index contributed by atoms with van der Waals surface area (Å²) in [5, 5.41) is 23.6. The van der Waals surface area contributed by atoms with E-state index in [1.165, 1.54) is 17.8 Å². The number of thioether (sulfide) groups is 1. The van der Waals surface area contributed by atoms with Gasteiger partial charge in [0.1, 0.15) is 11.1 Å². The van der Waals surface area contributed by atoms with Crippen LogP contribution in [-0.4, -0.2) is 21.6 Å². The highest BCUT2D eigenvalue weighted by molar-refractivity contribution is 8.00. The van der Waals surface area contributed by atoms with Crippen molar-refractivity contribution < 1.29 is 9.72 Å². The summed E-state index contributed by atoms with van der Waals surface area (Å²) in [7, 11) is 0. The molecule has 0 spiro atoms. The van der Waals surface area contributed by atoms with Gasteiger partial charge in [-0.1, -0.05) is 30.0 Å². The third-order valence-corrected chi connectivity index (χ3v) is 5.38. The molecule has 1 aromatic carbocycles. The first-order valence-electron chi connectivity index (χ1n) is 8.63. The number of hydrogen-bond acceptors (Lipinski definition) is 6. The Hall–Kier alpha value is -2.92. The quantitative estimate of drug-likeness (QED) is 0.467. The molecule has 3 rings (SSSR count). The van der Waals surface area contributed by atoms with Crippen LogP contribution in [0.1, 0.15) is 35.2 Å². The molecule has 0 fully saturated rings. The number of nitro groups is 1. The lowest BCUT2D eigenvalue weighted by atomic mass is 9.95. The second kappa shape index (κ2) is 8.64. The number of aryl methyl sites for hydroxylation is 2. The van der Waals surface area contributed by atoms with Gasteiger partial charge in [-0.05, 0) is 37.3 Å². The molecule has 7 nitrogen and oxygen atoms in total. The molecule has 1 aromatic heterocycles. The monoisotopic (exact) mass is 382 g/mol. The first-order chi connectivity index (χ1) is 13.1. The van der Waals surface area contributed by atoms with E-state index in [0.717, 1.165) is 36.9 Å². The number of fused-ring (bicyclic) bond motifs is 1. The fraction of sp³-hybridized carbons (Fsp3) is 0.316. The maximum absolute atomic E-state index is 12.1. The van der Waals surface area contributed by atoms with Gasteiger partial charge in [-0.3, -0.25) is 14.9 Å². The second-order valence-corrected chi connectivity index (χ2v) is 7.18. The van der Waals surface area contributed by atoms with Gasteiger partial charge < -0.3 is 5.32 Å². The Balaban J connectivity index is 1.61. The zero-order chi connectivity index (χ0) is 19.2. The highest BCUT2D eigenvalue weighted by Gasteiger charge is 2.17. The van der Waals surface area contributed by atoms with Gasteiger partial charge >= 0.3 is 0 Å². The SMILES string of the molecule is N#Cc1cc2c(nc1SCC(=O)NCc1ccccc1[N+](=O)[O-])CCCC2. The van der Waals surface area contributed by atoms with Gasteiger partial charge in [0.15, 0.2) is 0 Å². The van der Waals surface area contributed by atoms with Crippen molar-refractivity contribution in [3.05, 3.63) is 62.8 Å². The summed E-state index contributed by atoms with van der Waals surface area (Å²) < 4.78 is 0. The number of carbonyl (C=O) groups excluding carboxylic acids is 1. The van der Waals surface area contributed by atoms with Crippen LogP contribution in [0.3, 0.4) is 0 Å². The zero-order valence-corrected chi connectivity index (χ0v) is 15.4. The van der Waals surface area contributed by atoms with E-state index >= 15 is 0 Å². The minimum Gasteiger partial charge on any atom is -0.351 e. The number of nitriles is 1. The van der Waals surface area contributed by atoms with Crippen LogP contribution in [0, 0.1) is 21.4 Å². The molecule has 138 valence electrons. The number of nitro benzene ring substituents is 1. The molecule has 1 aliphatic carbocycles. The first kappa shape index (κ1) is 18.9. The molecule has 0 bridgehead atoms. The average molecular weight is 382 g/mol. The van der Waals surface area contributed by atoms with Crippen molar-refractivity contribution in [3.8, 4) is 6.07 Å². The Morgan fingerprint density at radius 3 is 2.89 bits per heavy atom. The molecular weight excluding hydrogens is 364 g/mol. The van der Waals surface area contributed by atoms with E-state index in [1.54, 1.807) is 18.2 Å². The molecule has 27 heavy (non-hydrogen) atoms. The van der Waals surface area contributed by atoms with E-state index in [4.69, 9.17) is 0 Å². The van der Waals surface area contributed by atoms with Gasteiger partial charge in [0.05, 0.1) is 16.2 Å². The summed E-state index contributed by atoms with van der Waals surface area (Å²) in [6, 6.07) is 10.3. The fourth-order valence-corrected chi connectivity index (χ4v) is 3.83. The molecule has 2 aromatic rings. The van der Waals surface area contributed by atoms with Gasteiger partial charge in [-0.2, -0.15) is 5.26 Å². The predicted octanol–water partition coefficient (Wildman–Crippen LogP) is 3.15. The van der Waals surface area contributed by atoms with Crippen molar-refractivity contribution in [3.63, 3.8) is 0 Å². The van der Waals surface area contributed by atoms with Crippen LogP contribution in [0.25, 0.3) is 0 Å². The Bertz CT molecular complexity index is 924. The molecule has 1 heterocycles.